The zero-order valence-corrected chi connectivity index (χ0v) is 19.1. The Bertz CT molecular complexity index is 1250. The molecule has 2 aromatic heterocycles. The topological polar surface area (TPSA) is 172 Å². The van der Waals surface area contributed by atoms with E-state index < -0.39 is 26.9 Å². The number of sulfone groups is 1. The van der Waals surface area contributed by atoms with Gasteiger partial charge in [-0.25, -0.2) is 13.2 Å². The maximum absolute atomic E-state index is 12.8. The summed E-state index contributed by atoms with van der Waals surface area (Å²) in [5.74, 6) is -0.662. The number of hydrogen-bond donors (Lipinski definition) is 2. The summed E-state index contributed by atoms with van der Waals surface area (Å²) < 4.78 is 31.4. The molecule has 1 unspecified atom stereocenters. The van der Waals surface area contributed by atoms with E-state index in [2.05, 4.69) is 21.8 Å². The monoisotopic (exact) mass is 484 g/mol. The summed E-state index contributed by atoms with van der Waals surface area (Å²) in [5.41, 5.74) is 4.03. The number of methoxy groups -OCH3 is 1. The van der Waals surface area contributed by atoms with E-state index in [1.807, 2.05) is 0 Å². The van der Waals surface area contributed by atoms with Crippen LogP contribution in [0.5, 0.6) is 0 Å². The normalized spacial score (nSPS) is 17.5. The second-order valence-corrected chi connectivity index (χ2v) is 10.4. The summed E-state index contributed by atoms with van der Waals surface area (Å²) in [5, 5.41) is 8.64. The van der Waals surface area contributed by atoms with E-state index in [1.54, 1.807) is 10.6 Å². The van der Waals surface area contributed by atoms with Crippen LogP contribution in [0.25, 0.3) is 0 Å². The maximum Gasteiger partial charge on any atom is 0.330 e. The van der Waals surface area contributed by atoms with Crippen LogP contribution in [0.2, 0.25) is 0 Å². The highest BCUT2D eigenvalue weighted by atomic mass is 32.2. The van der Waals surface area contributed by atoms with Crippen LogP contribution in [0.4, 0.5) is 5.82 Å². The lowest BCUT2D eigenvalue weighted by atomic mass is 10.1. The summed E-state index contributed by atoms with van der Waals surface area (Å²) in [6.45, 7) is 4.28. The van der Waals surface area contributed by atoms with E-state index in [0.717, 1.165) is 16.3 Å². The van der Waals surface area contributed by atoms with Gasteiger partial charge in [-0.3, -0.25) is 19.1 Å². The number of nitrogen functional groups attached to an aromatic ring is 1. The molecule has 1 saturated heterocycles. The van der Waals surface area contributed by atoms with Crippen molar-refractivity contribution in [2.24, 2.45) is 0 Å². The number of ether oxygens (including phenoxy) is 1. The standard InChI is InChI=1S/C18H24N6O6S2/c1-3-5-24-15(11-4-8-32(28,29)10-11)21-22-18(24)31-9-12(25)13-14(19)23(6-7-30-2)17(27)20-16(13)26/h3,11H,1,4-10,19H2,2H3,(H,20,26,27). The van der Waals surface area contributed by atoms with E-state index in [9.17, 15) is 22.8 Å². The molecule has 0 amide bonds. The number of nitrogens with two attached hydrogens (primary N) is 1. The summed E-state index contributed by atoms with van der Waals surface area (Å²) in [6.07, 6.45) is 2.08. The van der Waals surface area contributed by atoms with Gasteiger partial charge in [-0.2, -0.15) is 0 Å². The number of anilines is 1. The number of aromatic nitrogens is 5. The zero-order chi connectivity index (χ0) is 23.5. The molecular weight excluding hydrogens is 460 g/mol. The number of aromatic amines is 1. The predicted octanol–water partition coefficient (Wildman–Crippen LogP) is -0.580. The maximum atomic E-state index is 12.8. The third kappa shape index (κ3) is 5.02. The van der Waals surface area contributed by atoms with Crippen molar-refractivity contribution in [1.82, 2.24) is 24.3 Å². The molecule has 0 aliphatic carbocycles. The Balaban J connectivity index is 1.83. The Morgan fingerprint density at radius 2 is 2.12 bits per heavy atom. The van der Waals surface area contributed by atoms with E-state index in [1.165, 1.54) is 7.11 Å². The number of H-pyrrole nitrogens is 1. The van der Waals surface area contributed by atoms with Crippen LogP contribution in [-0.2, 0) is 27.7 Å². The van der Waals surface area contributed by atoms with Crippen LogP contribution in [0.1, 0.15) is 28.5 Å². The van der Waals surface area contributed by atoms with Gasteiger partial charge < -0.3 is 15.0 Å². The number of carbonyl (C=O) groups excluding carboxylic acids is 1. The van der Waals surface area contributed by atoms with Gasteiger partial charge >= 0.3 is 5.69 Å². The van der Waals surface area contributed by atoms with Crippen molar-refractivity contribution >= 4 is 33.2 Å². The SMILES string of the molecule is C=CCn1c(SCC(=O)c2c(N)n(CCOC)c(=O)[nH]c2=O)nnc1C1CCS(=O)(=O)C1. The summed E-state index contributed by atoms with van der Waals surface area (Å²) in [6, 6.07) is 0. The molecule has 174 valence electrons. The number of thioether (sulfide) groups is 1. The van der Waals surface area contributed by atoms with Crippen molar-refractivity contribution in [3.63, 3.8) is 0 Å². The Hall–Kier alpha value is -2.71. The van der Waals surface area contributed by atoms with Crippen LogP contribution in [-0.4, -0.2) is 69.5 Å². The summed E-state index contributed by atoms with van der Waals surface area (Å²) in [7, 11) is -1.66. The summed E-state index contributed by atoms with van der Waals surface area (Å²) >= 11 is 1.04. The highest BCUT2D eigenvalue weighted by Crippen LogP contribution is 2.30. The van der Waals surface area contributed by atoms with E-state index >= 15 is 0 Å². The Labute approximate surface area is 187 Å². The highest BCUT2D eigenvalue weighted by Gasteiger charge is 2.33. The fraction of sp³-hybridized carbons (Fsp3) is 0.500. The molecule has 14 heteroatoms. The van der Waals surface area contributed by atoms with Gasteiger partial charge in [0.1, 0.15) is 17.2 Å². The first-order valence-corrected chi connectivity index (χ1v) is 12.5. The molecule has 0 radical (unpaired) electrons. The number of rotatable bonds is 10. The molecule has 3 N–H and O–H groups in total. The number of Topliss-reactive ketones (excluding diaryl/α,β-unsaturated/α-hetero) is 1. The smallest absolute Gasteiger partial charge is 0.330 e. The molecule has 3 rings (SSSR count). The van der Waals surface area contributed by atoms with E-state index in [-0.39, 0.29) is 47.7 Å². The average molecular weight is 485 g/mol. The van der Waals surface area contributed by atoms with Gasteiger partial charge in [-0.05, 0) is 6.42 Å². The molecule has 1 fully saturated rings. The van der Waals surface area contributed by atoms with Crippen molar-refractivity contribution in [1.29, 1.82) is 0 Å². The third-order valence-corrected chi connectivity index (χ3v) is 7.76. The number of carbonyl (C=O) groups is 1. The Morgan fingerprint density at radius 1 is 1.38 bits per heavy atom. The Kier molecular flexibility index (Phi) is 7.36. The zero-order valence-electron chi connectivity index (χ0n) is 17.4. The number of nitrogens with zero attached hydrogens (tertiary/aromatic N) is 4. The third-order valence-electron chi connectivity index (χ3n) is 5.02. The molecular formula is C18H24N6O6S2. The largest absolute Gasteiger partial charge is 0.384 e. The van der Waals surface area contributed by atoms with Crippen LogP contribution < -0.4 is 17.0 Å². The van der Waals surface area contributed by atoms with Gasteiger partial charge in [0, 0.05) is 19.6 Å². The van der Waals surface area contributed by atoms with Gasteiger partial charge in [0.15, 0.2) is 20.8 Å². The molecule has 0 aromatic carbocycles. The van der Waals surface area contributed by atoms with Crippen LogP contribution >= 0.6 is 11.8 Å². The highest BCUT2D eigenvalue weighted by molar-refractivity contribution is 7.99. The molecule has 1 aliphatic rings. The number of ketones is 1. The van der Waals surface area contributed by atoms with Gasteiger partial charge in [-0.15, -0.1) is 16.8 Å². The molecule has 3 heterocycles. The van der Waals surface area contributed by atoms with Crippen molar-refractivity contribution in [3.8, 4) is 0 Å². The predicted molar refractivity (Wildman–Crippen MR) is 119 cm³/mol. The van der Waals surface area contributed by atoms with Gasteiger partial charge in [0.2, 0.25) is 0 Å². The van der Waals surface area contributed by atoms with Crippen LogP contribution in [0.15, 0.2) is 27.4 Å². The second-order valence-electron chi connectivity index (χ2n) is 7.22. The van der Waals surface area contributed by atoms with Crippen molar-refractivity contribution < 1.29 is 17.9 Å². The van der Waals surface area contributed by atoms with Crippen molar-refractivity contribution in [2.45, 2.75) is 30.6 Å². The molecule has 32 heavy (non-hydrogen) atoms. The quantitative estimate of drug-likeness (QED) is 0.252. The molecule has 1 atom stereocenters. The Morgan fingerprint density at radius 3 is 2.75 bits per heavy atom. The van der Waals surface area contributed by atoms with Gasteiger partial charge in [0.25, 0.3) is 5.56 Å². The molecule has 2 aromatic rings. The van der Waals surface area contributed by atoms with Crippen molar-refractivity contribution in [3.05, 3.63) is 44.9 Å². The molecule has 0 spiro atoms. The number of nitrogens with one attached hydrogen (secondary N) is 1. The first-order valence-electron chi connectivity index (χ1n) is 9.70. The molecule has 0 bridgehead atoms. The summed E-state index contributed by atoms with van der Waals surface area (Å²) in [4.78, 5) is 39.1. The van der Waals surface area contributed by atoms with Crippen molar-refractivity contribution in [2.75, 3.05) is 36.7 Å². The number of allylic oxidation sites excluding steroid dienone is 1. The fourth-order valence-electron chi connectivity index (χ4n) is 3.47. The fourth-order valence-corrected chi connectivity index (χ4v) is 6.04. The van der Waals surface area contributed by atoms with E-state index in [4.69, 9.17) is 10.5 Å². The minimum Gasteiger partial charge on any atom is -0.384 e. The van der Waals surface area contributed by atoms with Crippen LogP contribution in [0.3, 0.4) is 0 Å². The van der Waals surface area contributed by atoms with Crippen LogP contribution in [0, 0.1) is 0 Å². The second kappa shape index (κ2) is 9.83. The van der Waals surface area contributed by atoms with Gasteiger partial charge in [-0.1, -0.05) is 17.8 Å². The first kappa shape index (κ1) is 23.9. The minimum absolute atomic E-state index is 0.000795. The van der Waals surface area contributed by atoms with E-state index in [0.29, 0.717) is 23.9 Å². The average Bonchev–Trinajstić information content (AvgIpc) is 3.28. The molecule has 0 saturated carbocycles. The number of hydrogen-bond acceptors (Lipinski definition) is 10. The lowest BCUT2D eigenvalue weighted by Gasteiger charge is -2.12. The minimum atomic E-state index is -3.11. The van der Waals surface area contributed by atoms with Gasteiger partial charge in [0.05, 0.1) is 30.4 Å². The first-order chi connectivity index (χ1) is 15.2. The lowest BCUT2D eigenvalue weighted by molar-refractivity contribution is 0.102. The molecule has 1 aliphatic heterocycles. The molecule has 12 nitrogen and oxygen atoms in total. The lowest BCUT2D eigenvalue weighted by Crippen LogP contribution is -2.37.